The molecule has 0 aliphatic carbocycles. The van der Waals surface area contributed by atoms with Crippen molar-refractivity contribution in [3.8, 4) is 17.2 Å². The van der Waals surface area contributed by atoms with E-state index in [1.807, 2.05) is 42.5 Å². The minimum atomic E-state index is -0.476. The Morgan fingerprint density at radius 3 is 2.14 bits per heavy atom. The summed E-state index contributed by atoms with van der Waals surface area (Å²) in [5.74, 6) is 1.65. The second-order valence-electron chi connectivity index (χ2n) is 7.36. The maximum absolute atomic E-state index is 12.5. The van der Waals surface area contributed by atoms with E-state index in [4.69, 9.17) is 14.2 Å². The molecule has 3 aromatic carbocycles. The lowest BCUT2D eigenvalue weighted by atomic mass is 10.0. The van der Waals surface area contributed by atoms with E-state index in [0.717, 1.165) is 16.9 Å². The molecule has 0 aliphatic rings. The molecule has 3 aromatic rings. The molecule has 0 fully saturated rings. The highest BCUT2D eigenvalue weighted by Gasteiger charge is 2.09. The van der Waals surface area contributed by atoms with Crippen molar-refractivity contribution < 1.29 is 23.9 Å². The maximum Gasteiger partial charge on any atom is 0.270 e. The van der Waals surface area contributed by atoms with Gasteiger partial charge in [0.15, 0.2) is 5.78 Å². The quantitative estimate of drug-likeness (QED) is 0.154. The van der Waals surface area contributed by atoms with Crippen LogP contribution >= 0.6 is 0 Å². The SMILES string of the molecule is COc1ccc(/C=C/c2cc(OC)cc(OC)c2C=CC(=O)C=Cc2cccc([N+](=O)[O-])c2)cc1. The number of carbonyl (C=O) groups excluding carboxylic acids is 1. The zero-order valence-corrected chi connectivity index (χ0v) is 19.6. The fourth-order valence-corrected chi connectivity index (χ4v) is 3.27. The third-order valence-corrected chi connectivity index (χ3v) is 5.11. The molecule has 7 nitrogen and oxygen atoms in total. The lowest BCUT2D eigenvalue weighted by Crippen LogP contribution is -1.94. The Balaban J connectivity index is 1.87. The molecule has 7 heteroatoms. The van der Waals surface area contributed by atoms with Crippen molar-refractivity contribution >= 4 is 35.8 Å². The fraction of sp³-hybridized carbons (Fsp3) is 0.107. The van der Waals surface area contributed by atoms with E-state index >= 15 is 0 Å². The van der Waals surface area contributed by atoms with E-state index in [-0.39, 0.29) is 11.5 Å². The topological polar surface area (TPSA) is 87.9 Å². The van der Waals surface area contributed by atoms with Gasteiger partial charge in [-0.05, 0) is 53.1 Å². The molecule has 0 saturated heterocycles. The number of carbonyl (C=O) groups is 1. The minimum absolute atomic E-state index is 0.0357. The largest absolute Gasteiger partial charge is 0.497 e. The molecule has 0 spiro atoms. The number of nitrogens with zero attached hydrogens (tertiary/aromatic N) is 1. The van der Waals surface area contributed by atoms with E-state index in [1.165, 1.54) is 30.4 Å². The Morgan fingerprint density at radius 2 is 1.49 bits per heavy atom. The third kappa shape index (κ3) is 6.91. The molecular weight excluding hydrogens is 446 g/mol. The number of nitro benzene ring substituents is 1. The van der Waals surface area contributed by atoms with E-state index in [2.05, 4.69) is 0 Å². The summed E-state index contributed by atoms with van der Waals surface area (Å²) in [5, 5.41) is 10.9. The lowest BCUT2D eigenvalue weighted by molar-refractivity contribution is -0.384. The van der Waals surface area contributed by atoms with Gasteiger partial charge in [0.25, 0.3) is 5.69 Å². The molecule has 35 heavy (non-hydrogen) atoms. The summed E-state index contributed by atoms with van der Waals surface area (Å²) in [4.78, 5) is 22.9. The Kier molecular flexibility index (Phi) is 8.56. The Morgan fingerprint density at radius 1 is 0.771 bits per heavy atom. The normalized spacial score (nSPS) is 11.3. The van der Waals surface area contributed by atoms with Crippen molar-refractivity contribution in [1.82, 2.24) is 0 Å². The average molecular weight is 472 g/mol. The molecule has 0 heterocycles. The molecule has 0 aromatic heterocycles. The van der Waals surface area contributed by atoms with Crippen LogP contribution in [0.3, 0.4) is 0 Å². The van der Waals surface area contributed by atoms with Gasteiger partial charge in [0, 0.05) is 23.8 Å². The molecule has 0 amide bonds. The van der Waals surface area contributed by atoms with Gasteiger partial charge in [0.05, 0.1) is 26.3 Å². The van der Waals surface area contributed by atoms with Crippen molar-refractivity contribution in [1.29, 1.82) is 0 Å². The summed E-state index contributed by atoms with van der Waals surface area (Å²) in [7, 11) is 4.74. The Hall–Kier alpha value is -4.65. The van der Waals surface area contributed by atoms with Crippen LogP contribution in [0, 0.1) is 10.1 Å². The van der Waals surface area contributed by atoms with Crippen LogP contribution < -0.4 is 14.2 Å². The fourth-order valence-electron chi connectivity index (χ4n) is 3.27. The van der Waals surface area contributed by atoms with E-state index in [1.54, 1.807) is 45.6 Å². The number of nitro groups is 1. The zero-order valence-electron chi connectivity index (χ0n) is 19.6. The molecule has 0 N–H and O–H groups in total. The van der Waals surface area contributed by atoms with E-state index in [0.29, 0.717) is 22.6 Å². The van der Waals surface area contributed by atoms with Gasteiger partial charge >= 0.3 is 0 Å². The second kappa shape index (κ2) is 12.0. The molecule has 0 atom stereocenters. The first-order valence-corrected chi connectivity index (χ1v) is 10.7. The number of ether oxygens (including phenoxy) is 3. The van der Waals surface area contributed by atoms with Crippen LogP contribution in [0.15, 0.2) is 72.8 Å². The van der Waals surface area contributed by atoms with Gasteiger partial charge in [0.2, 0.25) is 0 Å². The highest BCUT2D eigenvalue weighted by Crippen LogP contribution is 2.31. The third-order valence-electron chi connectivity index (χ3n) is 5.11. The van der Waals surface area contributed by atoms with Gasteiger partial charge in [-0.3, -0.25) is 14.9 Å². The van der Waals surface area contributed by atoms with E-state index < -0.39 is 4.92 Å². The first kappa shape index (κ1) is 25.0. The van der Waals surface area contributed by atoms with Crippen LogP contribution in [0.1, 0.15) is 22.3 Å². The zero-order chi connectivity index (χ0) is 25.2. The van der Waals surface area contributed by atoms with Crippen molar-refractivity contribution in [2.45, 2.75) is 0 Å². The van der Waals surface area contributed by atoms with Crippen LogP contribution in [0.4, 0.5) is 5.69 Å². The second-order valence-corrected chi connectivity index (χ2v) is 7.36. The summed E-state index contributed by atoms with van der Waals surface area (Å²) >= 11 is 0. The van der Waals surface area contributed by atoms with Gasteiger partial charge in [-0.25, -0.2) is 0 Å². The van der Waals surface area contributed by atoms with Crippen LogP contribution in [0.5, 0.6) is 17.2 Å². The minimum Gasteiger partial charge on any atom is -0.497 e. The maximum atomic E-state index is 12.5. The number of benzene rings is 3. The number of methoxy groups -OCH3 is 3. The summed E-state index contributed by atoms with van der Waals surface area (Å²) in [6, 6.07) is 17.3. The van der Waals surface area contributed by atoms with Crippen molar-refractivity contribution in [3.63, 3.8) is 0 Å². The van der Waals surface area contributed by atoms with Crippen molar-refractivity contribution in [2.24, 2.45) is 0 Å². The van der Waals surface area contributed by atoms with Crippen LogP contribution in [0.2, 0.25) is 0 Å². The summed E-state index contributed by atoms with van der Waals surface area (Å²) in [6.07, 6.45) is 9.84. The molecule has 0 saturated carbocycles. The van der Waals surface area contributed by atoms with E-state index in [9.17, 15) is 14.9 Å². The number of ketones is 1. The van der Waals surface area contributed by atoms with Crippen molar-refractivity contribution in [3.05, 3.63) is 105 Å². The molecule has 178 valence electrons. The number of rotatable bonds is 10. The molecule has 0 radical (unpaired) electrons. The van der Waals surface area contributed by atoms with Gasteiger partial charge in [-0.2, -0.15) is 0 Å². The number of hydrogen-bond donors (Lipinski definition) is 0. The number of hydrogen-bond acceptors (Lipinski definition) is 6. The molecule has 3 rings (SSSR count). The lowest BCUT2D eigenvalue weighted by Gasteiger charge is -2.11. The Labute approximate surface area is 203 Å². The summed E-state index contributed by atoms with van der Waals surface area (Å²) < 4.78 is 16.1. The molecule has 0 aliphatic heterocycles. The van der Waals surface area contributed by atoms with Crippen LogP contribution in [-0.2, 0) is 4.79 Å². The number of non-ortho nitro benzene ring substituents is 1. The van der Waals surface area contributed by atoms with Gasteiger partial charge < -0.3 is 14.2 Å². The van der Waals surface area contributed by atoms with Crippen molar-refractivity contribution in [2.75, 3.05) is 21.3 Å². The smallest absolute Gasteiger partial charge is 0.270 e. The standard InChI is InChI=1S/C28H25NO6/c1-33-25-14-9-20(10-15-25)7-11-22-18-26(34-2)19-28(35-3)27(22)16-13-24(30)12-8-21-5-4-6-23(17-21)29(31)32/h4-19H,1-3H3/b11-7+,12-8?,16-13?. The summed E-state index contributed by atoms with van der Waals surface area (Å²) in [6.45, 7) is 0. The van der Waals surface area contributed by atoms with Crippen LogP contribution in [0.25, 0.3) is 24.3 Å². The van der Waals surface area contributed by atoms with Crippen LogP contribution in [-0.4, -0.2) is 32.0 Å². The molecule has 0 unspecified atom stereocenters. The predicted molar refractivity (Wildman–Crippen MR) is 138 cm³/mol. The molecular formula is C28H25NO6. The van der Waals surface area contributed by atoms with Gasteiger partial charge in [-0.15, -0.1) is 0 Å². The average Bonchev–Trinajstić information content (AvgIpc) is 2.89. The highest BCUT2D eigenvalue weighted by molar-refractivity contribution is 6.05. The van der Waals surface area contributed by atoms with Gasteiger partial charge in [0.1, 0.15) is 17.2 Å². The monoisotopic (exact) mass is 471 g/mol. The first-order valence-electron chi connectivity index (χ1n) is 10.7. The van der Waals surface area contributed by atoms with Gasteiger partial charge in [-0.1, -0.05) is 42.5 Å². The predicted octanol–water partition coefficient (Wildman–Crippen LogP) is 6.09. The first-order chi connectivity index (χ1) is 16.9. The number of allylic oxidation sites excluding steroid dienone is 2. The highest BCUT2D eigenvalue weighted by atomic mass is 16.6. The Bertz CT molecular complexity index is 1290. The summed E-state index contributed by atoms with van der Waals surface area (Å²) in [5.41, 5.74) is 3.00. The molecule has 0 bridgehead atoms.